The number of sulfonamides is 1. The quantitative estimate of drug-likeness (QED) is 0.797. The average Bonchev–Trinajstić information content (AvgIpc) is 2.78. The molecule has 3 aliphatic heterocycles. The first-order valence-corrected chi connectivity index (χ1v) is 10.8. The zero-order valence-corrected chi connectivity index (χ0v) is 16.3. The van der Waals surface area contributed by atoms with Crippen LogP contribution in [0.25, 0.3) is 0 Å². The van der Waals surface area contributed by atoms with E-state index < -0.39 is 10.0 Å². The molecule has 3 saturated heterocycles. The molecule has 0 aromatic carbocycles. The third-order valence-electron chi connectivity index (χ3n) is 5.75. The fourth-order valence-electron chi connectivity index (χ4n) is 3.96. The summed E-state index contributed by atoms with van der Waals surface area (Å²) < 4.78 is 27.3. The van der Waals surface area contributed by atoms with Crippen LogP contribution < -0.4 is 0 Å². The highest BCUT2D eigenvalue weighted by Crippen LogP contribution is 2.29. The normalized spacial score (nSPS) is 24.6. The number of carbonyl (C=O) groups excluding carboxylic acids is 1. The van der Waals surface area contributed by atoms with Gasteiger partial charge in [-0.15, -0.1) is 0 Å². The van der Waals surface area contributed by atoms with Crippen LogP contribution in [0, 0.1) is 26.7 Å². The van der Waals surface area contributed by atoms with E-state index in [1.165, 1.54) is 11.8 Å². The van der Waals surface area contributed by atoms with Crippen molar-refractivity contribution in [3.05, 3.63) is 17.0 Å². The monoisotopic (exact) mass is 368 g/mol. The van der Waals surface area contributed by atoms with Gasteiger partial charge < -0.3 is 4.90 Å². The smallest absolute Gasteiger partial charge is 0.224 e. The molecule has 8 heteroatoms. The summed E-state index contributed by atoms with van der Waals surface area (Å²) >= 11 is 0. The molecule has 140 valence electrons. The molecule has 7 nitrogen and oxygen atoms in total. The second kappa shape index (κ2) is 6.72. The molecule has 2 atom stereocenters. The Morgan fingerprint density at radius 2 is 1.88 bits per heavy atom. The van der Waals surface area contributed by atoms with Gasteiger partial charge in [0.05, 0.1) is 11.9 Å². The van der Waals surface area contributed by atoms with Gasteiger partial charge in [-0.25, -0.2) is 8.42 Å². The van der Waals surface area contributed by atoms with Gasteiger partial charge in [-0.3, -0.25) is 9.48 Å². The molecule has 0 radical (unpaired) electrons. The van der Waals surface area contributed by atoms with Gasteiger partial charge in [-0.2, -0.15) is 9.40 Å². The number of amides is 1. The van der Waals surface area contributed by atoms with Crippen molar-refractivity contribution in [2.75, 3.05) is 25.9 Å². The van der Waals surface area contributed by atoms with Crippen LogP contribution in [-0.4, -0.2) is 65.2 Å². The Balaban J connectivity index is 1.67. The number of nitrogens with zero attached hydrogens (tertiary/aromatic N) is 4. The number of piperidine rings is 1. The molecule has 4 rings (SSSR count). The SMILES string of the molecule is Cc1nn(CCC(=O)N2C[C@H]3CC[C@@H]2CN(S(C)(=O)=O)C3)c(C)c1C. The molecule has 0 aliphatic carbocycles. The maximum absolute atomic E-state index is 12.8. The minimum Gasteiger partial charge on any atom is -0.338 e. The van der Waals surface area contributed by atoms with Gasteiger partial charge in [-0.1, -0.05) is 0 Å². The largest absolute Gasteiger partial charge is 0.338 e. The van der Waals surface area contributed by atoms with Crippen LogP contribution in [0.1, 0.15) is 36.2 Å². The highest BCUT2D eigenvalue weighted by molar-refractivity contribution is 7.88. The first-order valence-electron chi connectivity index (χ1n) is 8.92. The van der Waals surface area contributed by atoms with Crippen LogP contribution in [0.2, 0.25) is 0 Å². The number of aryl methyl sites for hydroxylation is 2. The summed E-state index contributed by atoms with van der Waals surface area (Å²) in [5, 5.41) is 4.50. The van der Waals surface area contributed by atoms with E-state index >= 15 is 0 Å². The molecule has 0 spiro atoms. The summed E-state index contributed by atoms with van der Waals surface area (Å²) in [6.07, 6.45) is 3.55. The molecule has 1 aromatic heterocycles. The van der Waals surface area contributed by atoms with Crippen LogP contribution in [0.15, 0.2) is 0 Å². The Labute approximate surface area is 150 Å². The number of hydrogen-bond acceptors (Lipinski definition) is 4. The molecule has 0 saturated carbocycles. The molecule has 4 heterocycles. The molecular weight excluding hydrogens is 340 g/mol. The van der Waals surface area contributed by atoms with Crippen LogP contribution in [0.3, 0.4) is 0 Å². The Bertz CT molecular complexity index is 771. The lowest BCUT2D eigenvalue weighted by Crippen LogP contribution is -2.47. The molecule has 1 aromatic rings. The van der Waals surface area contributed by atoms with Gasteiger partial charge in [0.25, 0.3) is 0 Å². The molecule has 25 heavy (non-hydrogen) atoms. The lowest BCUT2D eigenvalue weighted by molar-refractivity contribution is -0.135. The van der Waals surface area contributed by atoms with Crippen molar-refractivity contribution in [1.82, 2.24) is 19.0 Å². The molecule has 2 bridgehead atoms. The van der Waals surface area contributed by atoms with Crippen LogP contribution in [-0.2, 0) is 21.4 Å². The third kappa shape index (κ3) is 3.74. The fraction of sp³-hybridized carbons (Fsp3) is 0.765. The molecular formula is C17H28N4O3S. The van der Waals surface area contributed by atoms with Crippen molar-refractivity contribution in [3.8, 4) is 0 Å². The van der Waals surface area contributed by atoms with Gasteiger partial charge in [0.15, 0.2) is 0 Å². The summed E-state index contributed by atoms with van der Waals surface area (Å²) in [5.74, 6) is 0.351. The number of hydrogen-bond donors (Lipinski definition) is 0. The number of rotatable bonds is 4. The van der Waals surface area contributed by atoms with E-state index in [-0.39, 0.29) is 17.9 Å². The molecule has 3 fully saturated rings. The number of aromatic nitrogens is 2. The van der Waals surface area contributed by atoms with Gasteiger partial charge in [-0.05, 0) is 45.1 Å². The van der Waals surface area contributed by atoms with E-state index in [1.54, 1.807) is 4.31 Å². The highest BCUT2D eigenvalue weighted by atomic mass is 32.2. The summed E-state index contributed by atoms with van der Waals surface area (Å²) in [7, 11) is -3.21. The van der Waals surface area contributed by atoms with Crippen molar-refractivity contribution in [1.29, 1.82) is 0 Å². The summed E-state index contributed by atoms with van der Waals surface area (Å²) in [6, 6.07) is 0.00293. The lowest BCUT2D eigenvalue weighted by atomic mass is 9.95. The van der Waals surface area contributed by atoms with Crippen LogP contribution in [0.5, 0.6) is 0 Å². The number of fused-ring (bicyclic) bond motifs is 4. The second-order valence-corrected chi connectivity index (χ2v) is 9.47. The van der Waals surface area contributed by atoms with E-state index in [4.69, 9.17) is 0 Å². The van der Waals surface area contributed by atoms with Gasteiger partial charge in [0.1, 0.15) is 0 Å². The summed E-state index contributed by atoms with van der Waals surface area (Å²) in [6.45, 7) is 8.26. The summed E-state index contributed by atoms with van der Waals surface area (Å²) in [5.41, 5.74) is 3.28. The van der Waals surface area contributed by atoms with Crippen molar-refractivity contribution >= 4 is 15.9 Å². The molecule has 3 aliphatic rings. The van der Waals surface area contributed by atoms with Gasteiger partial charge in [0, 0.05) is 44.3 Å². The number of carbonyl (C=O) groups is 1. The predicted molar refractivity (Wildman–Crippen MR) is 95.7 cm³/mol. The predicted octanol–water partition coefficient (Wildman–Crippen LogP) is 1.08. The molecule has 1 amide bonds. The van der Waals surface area contributed by atoms with E-state index in [2.05, 4.69) is 5.10 Å². The fourth-order valence-corrected chi connectivity index (χ4v) is 4.89. The first kappa shape index (κ1) is 18.4. The zero-order valence-electron chi connectivity index (χ0n) is 15.5. The molecule has 0 unspecified atom stereocenters. The minimum atomic E-state index is -3.21. The van der Waals surface area contributed by atoms with Gasteiger partial charge >= 0.3 is 0 Å². The van der Waals surface area contributed by atoms with E-state index in [9.17, 15) is 13.2 Å². The molecule has 0 N–H and O–H groups in total. The standard InChI is InChI=1S/C17H28N4O3S/c1-12-13(2)18-21(14(12)3)8-7-17(22)20-10-15-5-6-16(20)11-19(9-15)25(4,23)24/h15-16H,5-11H2,1-4H3/t15-,16+/m0/s1. The van der Waals surface area contributed by atoms with Crippen LogP contribution >= 0.6 is 0 Å². The van der Waals surface area contributed by atoms with Crippen molar-refractivity contribution in [2.45, 2.75) is 52.6 Å². The van der Waals surface area contributed by atoms with E-state index in [0.717, 1.165) is 24.2 Å². The topological polar surface area (TPSA) is 75.5 Å². The first-order chi connectivity index (χ1) is 11.7. The maximum Gasteiger partial charge on any atom is 0.224 e. The Morgan fingerprint density at radius 3 is 2.48 bits per heavy atom. The average molecular weight is 369 g/mol. The van der Waals surface area contributed by atoms with E-state index in [1.807, 2.05) is 30.4 Å². The Kier molecular flexibility index (Phi) is 4.94. The Morgan fingerprint density at radius 1 is 1.16 bits per heavy atom. The van der Waals surface area contributed by atoms with Crippen LogP contribution in [0.4, 0.5) is 0 Å². The zero-order chi connectivity index (χ0) is 18.4. The minimum absolute atomic E-state index is 0.00293. The summed E-state index contributed by atoms with van der Waals surface area (Å²) in [4.78, 5) is 14.7. The maximum atomic E-state index is 12.8. The Hall–Kier alpha value is -1.41. The lowest BCUT2D eigenvalue weighted by Gasteiger charge is -2.36. The highest BCUT2D eigenvalue weighted by Gasteiger charge is 2.39. The van der Waals surface area contributed by atoms with E-state index in [0.29, 0.717) is 32.6 Å². The second-order valence-electron chi connectivity index (χ2n) is 7.49. The van der Waals surface area contributed by atoms with Gasteiger partial charge in [0.2, 0.25) is 15.9 Å². The van der Waals surface area contributed by atoms with Crippen molar-refractivity contribution < 1.29 is 13.2 Å². The van der Waals surface area contributed by atoms with Crippen molar-refractivity contribution in [3.63, 3.8) is 0 Å². The third-order valence-corrected chi connectivity index (χ3v) is 6.99. The van der Waals surface area contributed by atoms with Crippen molar-refractivity contribution in [2.24, 2.45) is 5.92 Å².